The van der Waals surface area contributed by atoms with Gasteiger partial charge in [0.05, 0.1) is 18.2 Å². The Morgan fingerprint density at radius 3 is 2.50 bits per heavy atom. The van der Waals surface area contributed by atoms with E-state index >= 15 is 0 Å². The number of hydrogen-bond donors (Lipinski definition) is 1. The van der Waals surface area contributed by atoms with E-state index in [1.54, 1.807) is 0 Å². The molecule has 1 saturated heterocycles. The monoisotopic (exact) mass is 425 g/mol. The lowest BCUT2D eigenvalue weighted by molar-refractivity contribution is -0.137. The summed E-state index contributed by atoms with van der Waals surface area (Å²) in [6.07, 6.45) is -4.03. The van der Waals surface area contributed by atoms with Gasteiger partial charge in [-0.25, -0.2) is 0 Å². The van der Waals surface area contributed by atoms with Crippen LogP contribution in [0.15, 0.2) is 42.5 Å². The average molecular weight is 425 g/mol. The molecule has 2 aromatic carbocycles. The quantitative estimate of drug-likeness (QED) is 0.589. The maximum absolute atomic E-state index is 13.6. The highest BCUT2D eigenvalue weighted by Gasteiger charge is 2.34. The molecule has 9 heteroatoms. The van der Waals surface area contributed by atoms with Gasteiger partial charge in [-0.2, -0.15) is 22.0 Å². The highest BCUT2D eigenvalue weighted by Crippen LogP contribution is 2.38. The van der Waals surface area contributed by atoms with Crippen LogP contribution in [0.25, 0.3) is 11.1 Å². The molecule has 0 aromatic heterocycles. The standard InChI is InChI=1S/C21H16F5NO3/c22-20(23)30-16-5-3-14(4-6-16)17-7-1-13(11-18(17)21(24,25)26)2-8-19(28)27-15-9-10-29-12-15/h1,3-7,11,15,20H,9-10,12H2,(H,27,28)/t15-/m1/s1. The molecule has 1 heterocycles. The van der Waals surface area contributed by atoms with Gasteiger partial charge in [0, 0.05) is 18.1 Å². The Bertz CT molecular complexity index is 955. The summed E-state index contributed by atoms with van der Waals surface area (Å²) in [5.74, 6) is 3.95. The SMILES string of the molecule is O=C(C#Cc1ccc(-c2ccc(OC(F)F)cc2)c(C(F)(F)F)c1)N[C@@H]1CCOC1. The largest absolute Gasteiger partial charge is 0.435 e. The number of benzene rings is 2. The van der Waals surface area contributed by atoms with Crippen molar-refractivity contribution in [3.05, 3.63) is 53.6 Å². The predicted octanol–water partition coefficient (Wildman–Crippen LogP) is 4.23. The Balaban J connectivity index is 1.84. The van der Waals surface area contributed by atoms with Crippen molar-refractivity contribution in [2.24, 2.45) is 0 Å². The summed E-state index contributed by atoms with van der Waals surface area (Å²) in [6, 6.07) is 8.09. The fraction of sp³-hybridized carbons (Fsp3) is 0.286. The Labute approximate surface area is 169 Å². The van der Waals surface area contributed by atoms with Gasteiger partial charge in [-0.15, -0.1) is 0 Å². The van der Waals surface area contributed by atoms with Gasteiger partial charge in [0.15, 0.2) is 0 Å². The summed E-state index contributed by atoms with van der Waals surface area (Å²) in [5.41, 5.74) is -0.922. The minimum Gasteiger partial charge on any atom is -0.435 e. The minimum absolute atomic E-state index is 0.0153. The van der Waals surface area contributed by atoms with Crippen LogP contribution >= 0.6 is 0 Å². The van der Waals surface area contributed by atoms with E-state index in [1.807, 2.05) is 0 Å². The molecule has 30 heavy (non-hydrogen) atoms. The molecule has 2 aromatic rings. The van der Waals surface area contributed by atoms with E-state index in [0.717, 1.165) is 18.2 Å². The zero-order valence-corrected chi connectivity index (χ0v) is 15.4. The molecule has 1 amide bonds. The van der Waals surface area contributed by atoms with Crippen LogP contribution in [0.2, 0.25) is 0 Å². The van der Waals surface area contributed by atoms with Gasteiger partial charge >= 0.3 is 12.8 Å². The molecular weight excluding hydrogens is 409 g/mol. The summed E-state index contributed by atoms with van der Waals surface area (Å²) in [7, 11) is 0. The lowest BCUT2D eigenvalue weighted by Crippen LogP contribution is -2.34. The van der Waals surface area contributed by atoms with E-state index in [2.05, 4.69) is 21.9 Å². The Morgan fingerprint density at radius 2 is 1.90 bits per heavy atom. The van der Waals surface area contributed by atoms with Gasteiger partial charge in [0.25, 0.3) is 5.91 Å². The van der Waals surface area contributed by atoms with Gasteiger partial charge in [-0.3, -0.25) is 4.79 Å². The first kappa shape index (κ1) is 21.6. The first-order valence-corrected chi connectivity index (χ1v) is 8.89. The number of rotatable bonds is 4. The van der Waals surface area contributed by atoms with Crippen molar-refractivity contribution >= 4 is 5.91 Å². The van der Waals surface area contributed by atoms with Crippen molar-refractivity contribution in [3.63, 3.8) is 0 Å². The van der Waals surface area contributed by atoms with Crippen LogP contribution in [0, 0.1) is 11.8 Å². The van der Waals surface area contributed by atoms with Gasteiger partial charge < -0.3 is 14.8 Å². The molecule has 158 valence electrons. The second kappa shape index (κ2) is 9.13. The van der Waals surface area contributed by atoms with Crippen molar-refractivity contribution in [2.75, 3.05) is 13.2 Å². The van der Waals surface area contributed by atoms with Gasteiger partial charge in [0.1, 0.15) is 5.75 Å². The summed E-state index contributed by atoms with van der Waals surface area (Å²) in [4.78, 5) is 11.8. The molecule has 3 rings (SSSR count). The number of amides is 1. The number of nitrogens with one attached hydrogen (secondary N) is 1. The van der Waals surface area contributed by atoms with Crippen molar-refractivity contribution < 1.29 is 36.2 Å². The molecule has 4 nitrogen and oxygen atoms in total. The maximum Gasteiger partial charge on any atom is 0.417 e. The normalized spacial score (nSPS) is 16.1. The third-order valence-corrected chi connectivity index (χ3v) is 4.30. The summed E-state index contributed by atoms with van der Waals surface area (Å²) in [6.45, 7) is -2.12. The molecule has 0 aliphatic carbocycles. The molecule has 1 N–H and O–H groups in total. The van der Waals surface area contributed by atoms with E-state index in [9.17, 15) is 26.7 Å². The van der Waals surface area contributed by atoms with Crippen LogP contribution in [-0.4, -0.2) is 31.8 Å². The first-order chi connectivity index (χ1) is 14.2. The smallest absolute Gasteiger partial charge is 0.417 e. The molecule has 1 aliphatic rings. The van der Waals surface area contributed by atoms with E-state index in [-0.39, 0.29) is 28.5 Å². The molecular formula is C21H16F5NO3. The van der Waals surface area contributed by atoms with Gasteiger partial charge in [-0.1, -0.05) is 24.1 Å². The lowest BCUT2D eigenvalue weighted by Gasteiger charge is -2.14. The van der Waals surface area contributed by atoms with E-state index in [1.165, 1.54) is 24.3 Å². The number of carbonyl (C=O) groups excluding carboxylic acids is 1. The van der Waals surface area contributed by atoms with E-state index < -0.39 is 24.3 Å². The highest BCUT2D eigenvalue weighted by atomic mass is 19.4. The molecule has 0 unspecified atom stereocenters. The van der Waals surface area contributed by atoms with Crippen LogP contribution in [0.4, 0.5) is 22.0 Å². The third-order valence-electron chi connectivity index (χ3n) is 4.30. The number of carbonyl (C=O) groups is 1. The van der Waals surface area contributed by atoms with E-state index in [0.29, 0.717) is 19.6 Å². The van der Waals surface area contributed by atoms with Crippen LogP contribution in [-0.2, 0) is 15.7 Å². The fourth-order valence-corrected chi connectivity index (χ4v) is 2.92. The lowest BCUT2D eigenvalue weighted by atomic mass is 9.97. The number of alkyl halides is 5. The molecule has 1 aliphatic heterocycles. The topological polar surface area (TPSA) is 47.6 Å². The third kappa shape index (κ3) is 5.70. The van der Waals surface area contributed by atoms with Crippen molar-refractivity contribution in [1.82, 2.24) is 5.32 Å². The second-order valence-corrected chi connectivity index (χ2v) is 6.44. The van der Waals surface area contributed by atoms with Gasteiger partial charge in [-0.05, 0) is 41.8 Å². The fourth-order valence-electron chi connectivity index (χ4n) is 2.92. The molecule has 0 radical (unpaired) electrons. The molecule has 0 saturated carbocycles. The van der Waals surface area contributed by atoms with Crippen molar-refractivity contribution in [3.8, 4) is 28.7 Å². The Kier molecular flexibility index (Phi) is 6.57. The second-order valence-electron chi connectivity index (χ2n) is 6.44. The number of hydrogen-bond acceptors (Lipinski definition) is 3. The summed E-state index contributed by atoms with van der Waals surface area (Å²) in [5, 5.41) is 2.62. The first-order valence-electron chi connectivity index (χ1n) is 8.89. The Morgan fingerprint density at radius 1 is 1.17 bits per heavy atom. The molecule has 1 fully saturated rings. The zero-order chi connectivity index (χ0) is 21.7. The highest BCUT2D eigenvalue weighted by molar-refractivity contribution is 5.94. The van der Waals surface area contributed by atoms with Crippen LogP contribution in [0.3, 0.4) is 0 Å². The summed E-state index contributed by atoms with van der Waals surface area (Å²) >= 11 is 0. The number of halogens is 5. The minimum atomic E-state index is -4.69. The molecule has 0 bridgehead atoms. The van der Waals surface area contributed by atoms with Crippen LogP contribution < -0.4 is 10.1 Å². The van der Waals surface area contributed by atoms with Crippen LogP contribution in [0.1, 0.15) is 17.5 Å². The van der Waals surface area contributed by atoms with Crippen LogP contribution in [0.5, 0.6) is 5.75 Å². The van der Waals surface area contributed by atoms with Gasteiger partial charge in [0.2, 0.25) is 0 Å². The summed E-state index contributed by atoms with van der Waals surface area (Å²) < 4.78 is 74.5. The maximum atomic E-state index is 13.6. The predicted molar refractivity (Wildman–Crippen MR) is 97.8 cm³/mol. The number of ether oxygens (including phenoxy) is 2. The molecule has 0 spiro atoms. The van der Waals surface area contributed by atoms with Crippen molar-refractivity contribution in [1.29, 1.82) is 0 Å². The molecule has 1 atom stereocenters. The zero-order valence-electron chi connectivity index (χ0n) is 15.4. The Hall–Kier alpha value is -3.12. The average Bonchev–Trinajstić information content (AvgIpc) is 3.19. The van der Waals surface area contributed by atoms with E-state index in [4.69, 9.17) is 4.74 Å². The van der Waals surface area contributed by atoms with Crippen molar-refractivity contribution in [2.45, 2.75) is 25.3 Å².